The molecule has 1 aromatic heterocycles. The lowest BCUT2D eigenvalue weighted by atomic mass is 9.97. The number of hydrogen-bond donors (Lipinski definition) is 4. The van der Waals surface area contributed by atoms with Crippen LogP contribution in [-0.2, 0) is 11.3 Å². The smallest absolute Gasteiger partial charge is 0.235 e. The van der Waals surface area contributed by atoms with Crippen LogP contribution in [0.25, 0.3) is 0 Å². The molecule has 0 fully saturated rings. The van der Waals surface area contributed by atoms with Gasteiger partial charge in [-0.3, -0.25) is 4.79 Å². The first-order valence-electron chi connectivity index (χ1n) is 6.00. The number of rotatable bonds is 5. The normalized spacial score (nSPS) is 12.9. The van der Waals surface area contributed by atoms with Crippen LogP contribution in [0.4, 0.5) is 0 Å². The fraction of sp³-hybridized carbons (Fsp3) is 0.154. The minimum atomic E-state index is -0.837. The Kier molecular flexibility index (Phi) is 4.33. The van der Waals surface area contributed by atoms with Gasteiger partial charge in [-0.25, -0.2) is 4.98 Å². The number of amides is 1. The molecule has 7 heteroatoms. The van der Waals surface area contributed by atoms with Gasteiger partial charge in [0.1, 0.15) is 11.7 Å². The lowest BCUT2D eigenvalue weighted by molar-refractivity contribution is -0.121. The summed E-state index contributed by atoms with van der Waals surface area (Å²) in [6, 6.07) is 8.89. The maximum atomic E-state index is 12.2. The summed E-state index contributed by atoms with van der Waals surface area (Å²) in [7, 11) is 0. The van der Waals surface area contributed by atoms with E-state index in [0.29, 0.717) is 11.4 Å². The SMILES string of the molecule is NC(=NO)C(C(=O)NCc1ncc[nH]1)c1ccccc1. The van der Waals surface area contributed by atoms with Crippen molar-refractivity contribution in [2.75, 3.05) is 0 Å². The number of oxime groups is 1. The van der Waals surface area contributed by atoms with Gasteiger partial charge in [-0.1, -0.05) is 35.5 Å². The van der Waals surface area contributed by atoms with Crippen LogP contribution in [0.5, 0.6) is 0 Å². The maximum absolute atomic E-state index is 12.2. The molecule has 1 atom stereocenters. The van der Waals surface area contributed by atoms with Crippen LogP contribution >= 0.6 is 0 Å². The molecule has 7 nitrogen and oxygen atoms in total. The van der Waals surface area contributed by atoms with Crippen molar-refractivity contribution in [2.45, 2.75) is 12.5 Å². The van der Waals surface area contributed by atoms with Crippen molar-refractivity contribution in [3.05, 3.63) is 54.1 Å². The summed E-state index contributed by atoms with van der Waals surface area (Å²) in [5.74, 6) is -0.725. The molecule has 0 saturated carbocycles. The predicted octanol–water partition coefficient (Wildman–Crippen LogP) is 0.556. The number of aromatic amines is 1. The van der Waals surface area contributed by atoms with E-state index >= 15 is 0 Å². The molecule has 0 spiro atoms. The molecule has 0 aliphatic rings. The molecule has 1 heterocycles. The highest BCUT2D eigenvalue weighted by molar-refractivity contribution is 6.07. The second kappa shape index (κ2) is 6.37. The Bertz CT molecular complexity index is 580. The quantitative estimate of drug-likeness (QED) is 0.275. The third-order valence-electron chi connectivity index (χ3n) is 2.79. The molecule has 0 aliphatic carbocycles. The number of amidine groups is 1. The molecule has 20 heavy (non-hydrogen) atoms. The largest absolute Gasteiger partial charge is 0.409 e. The molecule has 2 aromatic rings. The molecular weight excluding hydrogens is 258 g/mol. The van der Waals surface area contributed by atoms with E-state index in [9.17, 15) is 4.79 Å². The van der Waals surface area contributed by atoms with E-state index in [1.54, 1.807) is 36.7 Å². The Morgan fingerprint density at radius 1 is 1.45 bits per heavy atom. The van der Waals surface area contributed by atoms with Crippen LogP contribution in [0.2, 0.25) is 0 Å². The van der Waals surface area contributed by atoms with Crippen molar-refractivity contribution >= 4 is 11.7 Å². The summed E-state index contributed by atoms with van der Waals surface area (Å²) in [6.07, 6.45) is 3.26. The zero-order valence-electron chi connectivity index (χ0n) is 10.7. The Balaban J connectivity index is 2.13. The zero-order valence-corrected chi connectivity index (χ0v) is 10.7. The van der Waals surface area contributed by atoms with Crippen molar-refractivity contribution in [3.8, 4) is 0 Å². The van der Waals surface area contributed by atoms with Gasteiger partial charge in [0.2, 0.25) is 5.91 Å². The second-order valence-electron chi connectivity index (χ2n) is 4.12. The third kappa shape index (κ3) is 3.14. The van der Waals surface area contributed by atoms with E-state index in [0.717, 1.165) is 0 Å². The second-order valence-corrected chi connectivity index (χ2v) is 4.12. The number of imidazole rings is 1. The van der Waals surface area contributed by atoms with Crippen molar-refractivity contribution < 1.29 is 10.0 Å². The summed E-state index contributed by atoms with van der Waals surface area (Å²) in [6.45, 7) is 0.244. The fourth-order valence-corrected chi connectivity index (χ4v) is 1.83. The number of aromatic nitrogens is 2. The molecule has 1 amide bonds. The lowest BCUT2D eigenvalue weighted by Gasteiger charge is -2.15. The van der Waals surface area contributed by atoms with E-state index in [-0.39, 0.29) is 18.3 Å². The summed E-state index contributed by atoms with van der Waals surface area (Å²) in [5.41, 5.74) is 6.27. The van der Waals surface area contributed by atoms with Gasteiger partial charge in [0.05, 0.1) is 6.54 Å². The van der Waals surface area contributed by atoms with Gasteiger partial charge >= 0.3 is 0 Å². The number of nitrogens with two attached hydrogens (primary N) is 1. The van der Waals surface area contributed by atoms with Crippen LogP contribution in [0.1, 0.15) is 17.3 Å². The summed E-state index contributed by atoms with van der Waals surface area (Å²) in [4.78, 5) is 19.1. The molecule has 0 saturated heterocycles. The summed E-state index contributed by atoms with van der Waals surface area (Å²) < 4.78 is 0. The van der Waals surface area contributed by atoms with Crippen LogP contribution < -0.4 is 11.1 Å². The first-order valence-corrected chi connectivity index (χ1v) is 6.00. The van der Waals surface area contributed by atoms with Gasteiger partial charge in [0.15, 0.2) is 5.84 Å². The van der Waals surface area contributed by atoms with E-state index in [1.807, 2.05) is 6.07 Å². The van der Waals surface area contributed by atoms with Gasteiger partial charge in [-0.05, 0) is 5.56 Å². The third-order valence-corrected chi connectivity index (χ3v) is 2.79. The number of H-pyrrole nitrogens is 1. The molecule has 2 rings (SSSR count). The first kappa shape index (κ1) is 13.6. The minimum absolute atomic E-state index is 0.159. The highest BCUT2D eigenvalue weighted by atomic mass is 16.4. The number of benzene rings is 1. The molecule has 5 N–H and O–H groups in total. The average Bonchev–Trinajstić information content (AvgIpc) is 2.99. The predicted molar refractivity (Wildman–Crippen MR) is 73.0 cm³/mol. The number of carbonyl (C=O) groups is 1. The highest BCUT2D eigenvalue weighted by Crippen LogP contribution is 2.16. The molecule has 1 aromatic carbocycles. The van der Waals surface area contributed by atoms with Crippen molar-refractivity contribution in [1.29, 1.82) is 0 Å². The number of carbonyl (C=O) groups excluding carboxylic acids is 1. The Morgan fingerprint density at radius 2 is 2.20 bits per heavy atom. The van der Waals surface area contributed by atoms with Crippen molar-refractivity contribution in [2.24, 2.45) is 10.9 Å². The van der Waals surface area contributed by atoms with Gasteiger partial charge in [-0.15, -0.1) is 0 Å². The van der Waals surface area contributed by atoms with Crippen LogP contribution in [-0.4, -0.2) is 26.9 Å². The molecule has 0 aliphatic heterocycles. The van der Waals surface area contributed by atoms with E-state index < -0.39 is 5.92 Å². The van der Waals surface area contributed by atoms with Crippen molar-refractivity contribution in [1.82, 2.24) is 15.3 Å². The number of hydrogen-bond acceptors (Lipinski definition) is 4. The maximum Gasteiger partial charge on any atom is 0.235 e. The zero-order chi connectivity index (χ0) is 14.4. The Hall–Kier alpha value is -2.83. The molecule has 104 valence electrons. The van der Waals surface area contributed by atoms with E-state index in [4.69, 9.17) is 10.9 Å². The highest BCUT2D eigenvalue weighted by Gasteiger charge is 2.25. The standard InChI is InChI=1S/C13H15N5O2/c14-12(18-20)11(9-4-2-1-3-5-9)13(19)17-8-10-15-6-7-16-10/h1-7,11,20H,8H2,(H2,14,18)(H,15,16)(H,17,19). The van der Waals surface area contributed by atoms with Crippen LogP contribution in [0.15, 0.2) is 47.9 Å². The van der Waals surface area contributed by atoms with Crippen LogP contribution in [0.3, 0.4) is 0 Å². The van der Waals surface area contributed by atoms with Gasteiger partial charge in [0.25, 0.3) is 0 Å². The molecule has 0 radical (unpaired) electrons. The van der Waals surface area contributed by atoms with Gasteiger partial charge < -0.3 is 21.2 Å². The summed E-state index contributed by atoms with van der Waals surface area (Å²) in [5, 5.41) is 14.5. The topological polar surface area (TPSA) is 116 Å². The van der Waals surface area contributed by atoms with Gasteiger partial charge in [0, 0.05) is 12.4 Å². The molecule has 1 unspecified atom stereocenters. The lowest BCUT2D eigenvalue weighted by Crippen LogP contribution is -2.37. The Labute approximate surface area is 115 Å². The summed E-state index contributed by atoms with van der Waals surface area (Å²) >= 11 is 0. The van der Waals surface area contributed by atoms with Crippen molar-refractivity contribution in [3.63, 3.8) is 0 Å². The minimum Gasteiger partial charge on any atom is -0.409 e. The first-order chi connectivity index (χ1) is 9.72. The van der Waals surface area contributed by atoms with E-state index in [1.165, 1.54) is 0 Å². The molecule has 0 bridgehead atoms. The fourth-order valence-electron chi connectivity index (χ4n) is 1.83. The Morgan fingerprint density at radius 3 is 2.80 bits per heavy atom. The van der Waals surface area contributed by atoms with E-state index in [2.05, 4.69) is 20.4 Å². The average molecular weight is 273 g/mol. The monoisotopic (exact) mass is 273 g/mol. The number of nitrogens with one attached hydrogen (secondary N) is 2. The van der Waals surface area contributed by atoms with Crippen LogP contribution in [0, 0.1) is 0 Å². The molecular formula is C13H15N5O2. The number of nitrogens with zero attached hydrogens (tertiary/aromatic N) is 2. The van der Waals surface area contributed by atoms with Gasteiger partial charge in [-0.2, -0.15) is 0 Å².